The van der Waals surface area contributed by atoms with Crippen LogP contribution in [0.1, 0.15) is 70.6 Å². The van der Waals surface area contributed by atoms with Crippen LogP contribution in [0, 0.1) is 5.92 Å². The Morgan fingerprint density at radius 1 is 1.04 bits per heavy atom. The number of nitrogens with zero attached hydrogens (tertiary/aromatic N) is 2. The third-order valence-electron chi connectivity index (χ3n) is 6.31. The van der Waals surface area contributed by atoms with E-state index >= 15 is 0 Å². The van der Waals surface area contributed by atoms with Gasteiger partial charge in [0.1, 0.15) is 0 Å². The zero-order valence-electron chi connectivity index (χ0n) is 16.8. The first-order chi connectivity index (χ1) is 12.8. The maximum Gasteiger partial charge on any atom is 0.193 e. The SMILES string of the molecule is CN=C(NCCC1CCCCC1)N1CCC(OCC2CCCCO2)CC1. The van der Waals surface area contributed by atoms with E-state index < -0.39 is 0 Å². The fourth-order valence-electron chi connectivity index (χ4n) is 4.61. The monoisotopic (exact) mass is 365 g/mol. The van der Waals surface area contributed by atoms with E-state index in [1.54, 1.807) is 0 Å². The van der Waals surface area contributed by atoms with Gasteiger partial charge in [-0.1, -0.05) is 32.1 Å². The van der Waals surface area contributed by atoms with Gasteiger partial charge >= 0.3 is 0 Å². The van der Waals surface area contributed by atoms with Gasteiger partial charge in [-0.3, -0.25) is 4.99 Å². The third kappa shape index (κ3) is 6.41. The Hall–Kier alpha value is -0.810. The summed E-state index contributed by atoms with van der Waals surface area (Å²) in [7, 11) is 1.91. The summed E-state index contributed by atoms with van der Waals surface area (Å²) in [5.41, 5.74) is 0. The number of likely N-dealkylation sites (tertiary alicyclic amines) is 1. The fraction of sp³-hybridized carbons (Fsp3) is 0.952. The second-order valence-electron chi connectivity index (χ2n) is 8.28. The lowest BCUT2D eigenvalue weighted by atomic mass is 9.87. The largest absolute Gasteiger partial charge is 0.376 e. The normalized spacial score (nSPS) is 26.9. The quantitative estimate of drug-likeness (QED) is 0.577. The number of rotatable bonds is 6. The van der Waals surface area contributed by atoms with Crippen LogP contribution in [0.25, 0.3) is 0 Å². The summed E-state index contributed by atoms with van der Waals surface area (Å²) >= 11 is 0. The Balaban J connectivity index is 1.30. The van der Waals surface area contributed by atoms with Crippen molar-refractivity contribution in [2.24, 2.45) is 10.9 Å². The van der Waals surface area contributed by atoms with Crippen LogP contribution in [0.5, 0.6) is 0 Å². The average Bonchev–Trinajstić information content (AvgIpc) is 2.72. The van der Waals surface area contributed by atoms with Crippen molar-refractivity contribution in [1.82, 2.24) is 10.2 Å². The summed E-state index contributed by atoms with van der Waals surface area (Å²) in [6.07, 6.45) is 15.0. The summed E-state index contributed by atoms with van der Waals surface area (Å²) < 4.78 is 11.9. The Bertz CT molecular complexity index is 409. The van der Waals surface area contributed by atoms with Gasteiger partial charge in [0.15, 0.2) is 5.96 Å². The highest BCUT2D eigenvalue weighted by Crippen LogP contribution is 2.25. The molecule has 0 aromatic carbocycles. The van der Waals surface area contributed by atoms with Crippen molar-refractivity contribution in [2.75, 3.05) is 39.9 Å². The Kier molecular flexibility index (Phi) is 8.53. The van der Waals surface area contributed by atoms with Gasteiger partial charge in [0.25, 0.3) is 0 Å². The van der Waals surface area contributed by atoms with E-state index in [1.165, 1.54) is 51.4 Å². The molecule has 0 aromatic heterocycles. The van der Waals surface area contributed by atoms with Crippen molar-refractivity contribution in [1.29, 1.82) is 0 Å². The van der Waals surface area contributed by atoms with E-state index in [-0.39, 0.29) is 0 Å². The lowest BCUT2D eigenvalue weighted by molar-refractivity contribution is -0.0721. The highest BCUT2D eigenvalue weighted by Gasteiger charge is 2.24. The molecule has 2 heterocycles. The number of hydrogen-bond acceptors (Lipinski definition) is 3. The van der Waals surface area contributed by atoms with Crippen LogP contribution in [-0.2, 0) is 9.47 Å². The number of nitrogens with one attached hydrogen (secondary N) is 1. The first-order valence-electron chi connectivity index (χ1n) is 11.0. The topological polar surface area (TPSA) is 46.1 Å². The van der Waals surface area contributed by atoms with Gasteiger partial charge in [-0.05, 0) is 44.4 Å². The second kappa shape index (κ2) is 11.1. The molecule has 3 fully saturated rings. The third-order valence-corrected chi connectivity index (χ3v) is 6.31. The Labute approximate surface area is 159 Å². The molecule has 2 aliphatic heterocycles. The van der Waals surface area contributed by atoms with Crippen LogP contribution in [-0.4, -0.2) is 63.0 Å². The number of piperidine rings is 1. The molecule has 1 N–H and O–H groups in total. The van der Waals surface area contributed by atoms with Crippen molar-refractivity contribution >= 4 is 5.96 Å². The first kappa shape index (κ1) is 19.9. The van der Waals surface area contributed by atoms with Crippen molar-refractivity contribution in [2.45, 2.75) is 82.8 Å². The van der Waals surface area contributed by atoms with Gasteiger partial charge in [0.2, 0.25) is 0 Å². The van der Waals surface area contributed by atoms with Crippen LogP contribution in [0.15, 0.2) is 4.99 Å². The zero-order valence-corrected chi connectivity index (χ0v) is 16.8. The maximum absolute atomic E-state index is 6.13. The number of hydrogen-bond donors (Lipinski definition) is 1. The number of guanidine groups is 1. The highest BCUT2D eigenvalue weighted by atomic mass is 16.5. The molecule has 0 bridgehead atoms. The highest BCUT2D eigenvalue weighted by molar-refractivity contribution is 5.79. The van der Waals surface area contributed by atoms with Crippen molar-refractivity contribution in [3.8, 4) is 0 Å². The molecule has 3 aliphatic rings. The molecular formula is C21H39N3O2. The second-order valence-corrected chi connectivity index (χ2v) is 8.28. The van der Waals surface area contributed by atoms with Crippen LogP contribution < -0.4 is 5.32 Å². The lowest BCUT2D eigenvalue weighted by Crippen LogP contribution is -2.47. The summed E-state index contributed by atoms with van der Waals surface area (Å²) in [6.45, 7) is 4.83. The molecule has 0 spiro atoms. The van der Waals surface area contributed by atoms with Crippen LogP contribution in [0.2, 0.25) is 0 Å². The minimum Gasteiger partial charge on any atom is -0.376 e. The molecule has 1 aliphatic carbocycles. The molecule has 3 rings (SSSR count). The summed E-state index contributed by atoms with van der Waals surface area (Å²) in [4.78, 5) is 6.91. The average molecular weight is 366 g/mol. The van der Waals surface area contributed by atoms with Crippen molar-refractivity contribution in [3.05, 3.63) is 0 Å². The van der Waals surface area contributed by atoms with E-state index in [1.807, 2.05) is 7.05 Å². The van der Waals surface area contributed by atoms with Crippen LogP contribution in [0.4, 0.5) is 0 Å². The molecule has 5 heteroatoms. The molecule has 1 saturated carbocycles. The lowest BCUT2D eigenvalue weighted by Gasteiger charge is -2.35. The summed E-state index contributed by atoms with van der Waals surface area (Å²) in [5, 5.41) is 3.60. The van der Waals surface area contributed by atoms with Gasteiger partial charge in [-0.25, -0.2) is 0 Å². The zero-order chi connectivity index (χ0) is 18.0. The molecule has 26 heavy (non-hydrogen) atoms. The van der Waals surface area contributed by atoms with Gasteiger partial charge in [-0.15, -0.1) is 0 Å². The summed E-state index contributed by atoms with van der Waals surface area (Å²) in [6, 6.07) is 0. The summed E-state index contributed by atoms with van der Waals surface area (Å²) in [5.74, 6) is 2.00. The smallest absolute Gasteiger partial charge is 0.193 e. The van der Waals surface area contributed by atoms with Crippen LogP contribution in [0.3, 0.4) is 0 Å². The van der Waals surface area contributed by atoms with E-state index in [2.05, 4.69) is 15.2 Å². The number of aliphatic imine (C=N–C) groups is 1. The molecular weight excluding hydrogens is 326 g/mol. The van der Waals surface area contributed by atoms with Crippen molar-refractivity contribution < 1.29 is 9.47 Å². The molecule has 0 amide bonds. The predicted octanol–water partition coefficient (Wildman–Crippen LogP) is 3.58. The van der Waals surface area contributed by atoms with Gasteiger partial charge in [0.05, 0.1) is 18.8 Å². The Morgan fingerprint density at radius 3 is 2.50 bits per heavy atom. The molecule has 150 valence electrons. The fourth-order valence-corrected chi connectivity index (χ4v) is 4.61. The standard InChI is InChI=1S/C21H39N3O2/c1-22-21(23-13-10-18-7-3-2-4-8-18)24-14-11-19(12-15-24)26-17-20-9-5-6-16-25-20/h18-20H,2-17H2,1H3,(H,22,23). The van der Waals surface area contributed by atoms with E-state index in [0.717, 1.165) is 64.0 Å². The predicted molar refractivity (Wildman–Crippen MR) is 107 cm³/mol. The molecule has 0 aromatic rings. The van der Waals surface area contributed by atoms with E-state index in [4.69, 9.17) is 9.47 Å². The molecule has 1 atom stereocenters. The molecule has 2 saturated heterocycles. The van der Waals surface area contributed by atoms with E-state index in [0.29, 0.717) is 12.2 Å². The number of ether oxygens (including phenoxy) is 2. The minimum absolute atomic E-state index is 0.330. The Morgan fingerprint density at radius 2 is 1.81 bits per heavy atom. The molecule has 1 unspecified atom stereocenters. The van der Waals surface area contributed by atoms with E-state index in [9.17, 15) is 0 Å². The molecule has 0 radical (unpaired) electrons. The first-order valence-corrected chi connectivity index (χ1v) is 11.0. The van der Waals surface area contributed by atoms with Crippen LogP contribution >= 0.6 is 0 Å². The molecule has 5 nitrogen and oxygen atoms in total. The van der Waals surface area contributed by atoms with Gasteiger partial charge in [-0.2, -0.15) is 0 Å². The minimum atomic E-state index is 0.330. The van der Waals surface area contributed by atoms with Gasteiger partial charge < -0.3 is 19.7 Å². The van der Waals surface area contributed by atoms with Gasteiger partial charge in [0, 0.05) is 33.3 Å². The maximum atomic E-state index is 6.13. The van der Waals surface area contributed by atoms with Crippen molar-refractivity contribution in [3.63, 3.8) is 0 Å².